The largest absolute Gasteiger partial charge is 0.331 e. The van der Waals surface area contributed by atoms with Gasteiger partial charge in [-0.2, -0.15) is 0 Å². The molecule has 0 radical (unpaired) electrons. The van der Waals surface area contributed by atoms with Crippen molar-refractivity contribution < 1.29 is 0 Å². The second-order valence-corrected chi connectivity index (χ2v) is 13.8. The molecule has 5 heteroatoms. The number of fused-ring (bicyclic) bond motifs is 7. The van der Waals surface area contributed by atoms with Crippen molar-refractivity contribution in [2.75, 3.05) is 4.90 Å². The summed E-state index contributed by atoms with van der Waals surface area (Å²) in [4.78, 5) is 13.6. The highest BCUT2D eigenvalue weighted by atomic mass is 15.3. The fourth-order valence-corrected chi connectivity index (χ4v) is 8.56. The Morgan fingerprint density at radius 2 is 1.40 bits per heavy atom. The summed E-state index contributed by atoms with van der Waals surface area (Å²) in [6, 6.07) is 44.9. The van der Waals surface area contributed by atoms with E-state index in [1.807, 2.05) is 18.2 Å². The molecule has 53 heavy (non-hydrogen) atoms. The molecule has 5 nitrogen and oxygen atoms in total. The number of hydrogen-bond acceptors (Lipinski definition) is 4. The minimum Gasteiger partial charge on any atom is -0.331 e. The summed E-state index contributed by atoms with van der Waals surface area (Å²) in [5, 5.41) is 8.36. The molecule has 254 valence electrons. The molecule has 0 amide bonds. The number of allylic oxidation sites excluding steroid dienone is 5. The molecule has 3 heterocycles. The van der Waals surface area contributed by atoms with Crippen LogP contribution in [0.1, 0.15) is 52.6 Å². The predicted octanol–water partition coefficient (Wildman–Crippen LogP) is 9.23. The van der Waals surface area contributed by atoms with Crippen LogP contribution in [0.3, 0.4) is 0 Å². The third kappa shape index (κ3) is 5.07. The molecule has 2 atom stereocenters. The summed E-state index contributed by atoms with van der Waals surface area (Å²) in [5.41, 5.74) is 9.35. The molecule has 2 aliphatic carbocycles. The van der Waals surface area contributed by atoms with E-state index < -0.39 is 6.29 Å². The third-order valence-electron chi connectivity index (χ3n) is 10.8. The number of nitrogens with zero attached hydrogens (tertiary/aromatic N) is 4. The van der Waals surface area contributed by atoms with Crippen LogP contribution in [-0.2, 0) is 0 Å². The monoisotopic (exact) mass is 683 g/mol. The second kappa shape index (κ2) is 12.8. The molecule has 0 saturated heterocycles. The number of amidine groups is 2. The Morgan fingerprint density at radius 3 is 2.08 bits per heavy atom. The van der Waals surface area contributed by atoms with Gasteiger partial charge in [-0.3, -0.25) is 0 Å². The van der Waals surface area contributed by atoms with E-state index in [0.717, 1.165) is 45.5 Å². The Morgan fingerprint density at radius 1 is 0.717 bits per heavy atom. The van der Waals surface area contributed by atoms with Crippen molar-refractivity contribution in [2.24, 2.45) is 9.98 Å². The average Bonchev–Trinajstić information content (AvgIpc) is 3.75. The van der Waals surface area contributed by atoms with Crippen LogP contribution in [-0.4, -0.2) is 16.2 Å². The number of nitrogens with one attached hydrogen (secondary N) is 1. The standard InChI is InChI=1S/C48H37N5/c1-2-17-38-40-30-31-41-39-29-28-32-18-15-16-27-37(32)43(39)52(36-25-13-6-14-26-36)44(41)45(40)53(42(38)33-19-7-3-8-20-33)48-50-46(34-21-9-4-10-22-34)49-47(51-48)35-23-11-5-12-24-35/h2-19,21-31,41,44,48H,1,20H2,(H,49,50,51)/b38-17-,42-33+. The van der Waals surface area contributed by atoms with Crippen molar-refractivity contribution in [3.8, 4) is 0 Å². The Bertz CT molecular complexity index is 2640. The molecule has 10 rings (SSSR count). The van der Waals surface area contributed by atoms with Crippen molar-refractivity contribution in [3.05, 3.63) is 209 Å². The SMILES string of the molecule is C=C/C=c1/c2c(n(C3N=C(c4ccccc4)NC(c4ccccc4)=N3)/c1=C1\C=CC=CC1)C1C(C=C2)c2ccc3ccccc3c2N1c1ccccc1. The van der Waals surface area contributed by atoms with Crippen LogP contribution in [0.5, 0.6) is 0 Å². The zero-order valence-corrected chi connectivity index (χ0v) is 29.2. The van der Waals surface area contributed by atoms with Gasteiger partial charge in [0.2, 0.25) is 6.29 Å². The van der Waals surface area contributed by atoms with E-state index in [0.29, 0.717) is 0 Å². The minimum absolute atomic E-state index is 0.0618. The number of hydrogen-bond donors (Lipinski definition) is 1. The van der Waals surface area contributed by atoms with Gasteiger partial charge in [-0.25, -0.2) is 9.98 Å². The lowest BCUT2D eigenvalue weighted by molar-refractivity contribution is 0.482. The quantitative estimate of drug-likeness (QED) is 0.197. The molecule has 0 saturated carbocycles. The Balaban J connectivity index is 1.32. The van der Waals surface area contributed by atoms with E-state index in [4.69, 9.17) is 9.98 Å². The Hall–Kier alpha value is -6.72. The van der Waals surface area contributed by atoms with Crippen LogP contribution >= 0.6 is 0 Å². The van der Waals surface area contributed by atoms with Crippen molar-refractivity contribution >= 4 is 51.5 Å². The highest BCUT2D eigenvalue weighted by Crippen LogP contribution is 2.57. The number of aromatic nitrogens is 1. The number of benzene rings is 5. The van der Waals surface area contributed by atoms with Gasteiger partial charge in [-0.1, -0.05) is 170 Å². The van der Waals surface area contributed by atoms with Crippen molar-refractivity contribution in [1.29, 1.82) is 0 Å². The van der Waals surface area contributed by atoms with Crippen LogP contribution in [0.15, 0.2) is 180 Å². The lowest BCUT2D eigenvalue weighted by Gasteiger charge is -2.35. The van der Waals surface area contributed by atoms with Gasteiger partial charge in [0.05, 0.1) is 22.8 Å². The van der Waals surface area contributed by atoms with Gasteiger partial charge in [0.15, 0.2) is 0 Å². The van der Waals surface area contributed by atoms with E-state index in [9.17, 15) is 0 Å². The van der Waals surface area contributed by atoms with Gasteiger partial charge in [0, 0.05) is 38.9 Å². The van der Waals surface area contributed by atoms with Crippen LogP contribution in [0, 0.1) is 0 Å². The molecular formula is C48H37N5. The van der Waals surface area contributed by atoms with Gasteiger partial charge >= 0.3 is 0 Å². The molecule has 0 fully saturated rings. The van der Waals surface area contributed by atoms with Crippen molar-refractivity contribution in [2.45, 2.75) is 24.7 Å². The zero-order chi connectivity index (χ0) is 35.3. The van der Waals surface area contributed by atoms with Crippen LogP contribution in [0.25, 0.3) is 28.5 Å². The van der Waals surface area contributed by atoms with Crippen LogP contribution in [0.4, 0.5) is 11.4 Å². The third-order valence-corrected chi connectivity index (χ3v) is 10.8. The minimum atomic E-state index is -0.589. The number of anilines is 2. The first-order valence-corrected chi connectivity index (χ1v) is 18.3. The summed E-state index contributed by atoms with van der Waals surface area (Å²) >= 11 is 0. The molecule has 2 aliphatic heterocycles. The Kier molecular flexibility index (Phi) is 7.50. The smallest absolute Gasteiger partial charge is 0.224 e. The van der Waals surface area contributed by atoms with Gasteiger partial charge < -0.3 is 14.8 Å². The lowest BCUT2D eigenvalue weighted by atomic mass is 9.85. The van der Waals surface area contributed by atoms with Crippen LogP contribution < -0.4 is 20.8 Å². The molecule has 0 bridgehead atoms. The van der Waals surface area contributed by atoms with Gasteiger partial charge in [-0.15, -0.1) is 0 Å². The predicted molar refractivity (Wildman–Crippen MR) is 220 cm³/mol. The fourth-order valence-electron chi connectivity index (χ4n) is 8.56. The summed E-state index contributed by atoms with van der Waals surface area (Å²) in [6.45, 7) is 4.21. The molecule has 6 aromatic rings. The molecule has 0 spiro atoms. The maximum atomic E-state index is 5.49. The molecule has 5 aromatic carbocycles. The first kappa shape index (κ1) is 31.1. The van der Waals surface area contributed by atoms with Crippen LogP contribution in [0.2, 0.25) is 0 Å². The average molecular weight is 684 g/mol. The van der Waals surface area contributed by atoms with Gasteiger partial charge in [0.25, 0.3) is 0 Å². The number of para-hydroxylation sites is 1. The molecule has 4 aliphatic rings. The highest BCUT2D eigenvalue weighted by molar-refractivity contribution is 6.15. The van der Waals surface area contributed by atoms with E-state index in [1.54, 1.807) is 0 Å². The maximum absolute atomic E-state index is 5.49. The van der Waals surface area contributed by atoms with Crippen molar-refractivity contribution in [1.82, 2.24) is 9.88 Å². The molecule has 1 aromatic heterocycles. The summed E-state index contributed by atoms with van der Waals surface area (Å²) < 4.78 is 2.45. The fraction of sp³-hybridized carbons (Fsp3) is 0.0833. The Labute approximate surface area is 309 Å². The molecule has 2 unspecified atom stereocenters. The van der Waals surface area contributed by atoms with E-state index in [1.165, 1.54) is 38.9 Å². The summed E-state index contributed by atoms with van der Waals surface area (Å²) in [6.07, 6.45) is 17.8. The maximum Gasteiger partial charge on any atom is 0.224 e. The van der Waals surface area contributed by atoms with E-state index in [-0.39, 0.29) is 12.0 Å². The number of rotatable bonds is 5. The van der Waals surface area contributed by atoms with Crippen molar-refractivity contribution in [3.63, 3.8) is 0 Å². The summed E-state index contributed by atoms with van der Waals surface area (Å²) in [7, 11) is 0. The van der Waals surface area contributed by atoms with Gasteiger partial charge in [0.1, 0.15) is 11.7 Å². The van der Waals surface area contributed by atoms with E-state index in [2.05, 4.69) is 179 Å². The topological polar surface area (TPSA) is 44.9 Å². The number of aliphatic imine (C=N–C) groups is 2. The molecule has 1 N–H and O–H groups in total. The molecular weight excluding hydrogens is 647 g/mol. The first-order chi connectivity index (χ1) is 26.3. The van der Waals surface area contributed by atoms with E-state index >= 15 is 0 Å². The van der Waals surface area contributed by atoms with Gasteiger partial charge in [-0.05, 0) is 35.1 Å². The highest BCUT2D eigenvalue weighted by Gasteiger charge is 2.45. The lowest BCUT2D eigenvalue weighted by Crippen LogP contribution is -2.41. The second-order valence-electron chi connectivity index (χ2n) is 13.8. The first-order valence-electron chi connectivity index (χ1n) is 18.3. The summed E-state index contributed by atoms with van der Waals surface area (Å²) in [5.74, 6) is 1.68. The zero-order valence-electron chi connectivity index (χ0n) is 29.2. The normalized spacial score (nSPS) is 20.1.